The minimum Gasteiger partial charge on any atom is -0.300 e. The zero-order chi connectivity index (χ0) is 15.1. The fraction of sp³-hybridized carbons (Fsp3) is 0.882. The molecule has 0 amide bonds. The molecule has 0 aliphatic rings. The van der Waals surface area contributed by atoms with Crippen LogP contribution >= 0.6 is 0 Å². The summed E-state index contributed by atoms with van der Waals surface area (Å²) in [6.45, 7) is 10.0. The lowest BCUT2D eigenvalue weighted by molar-refractivity contribution is -0.119. The summed E-state index contributed by atoms with van der Waals surface area (Å²) in [4.78, 5) is 21.4. The molecular formula is C17H34O2. The molecule has 0 bridgehead atoms. The van der Waals surface area contributed by atoms with Gasteiger partial charge in [0, 0.05) is 19.3 Å². The fourth-order valence-corrected chi connectivity index (χ4v) is 1.84. The Morgan fingerprint density at radius 2 is 1.26 bits per heavy atom. The van der Waals surface area contributed by atoms with Crippen molar-refractivity contribution in [2.45, 2.75) is 92.4 Å². The Balaban J connectivity index is 0. The molecule has 0 aliphatic carbocycles. The van der Waals surface area contributed by atoms with Gasteiger partial charge >= 0.3 is 0 Å². The van der Waals surface area contributed by atoms with Crippen molar-refractivity contribution in [2.75, 3.05) is 0 Å². The van der Waals surface area contributed by atoms with Crippen molar-refractivity contribution in [1.82, 2.24) is 0 Å². The summed E-state index contributed by atoms with van der Waals surface area (Å²) in [5.41, 5.74) is 0. The SMILES string of the molecule is CC(=O)CC(C)C.CCCCCC(=O)CCCCC. The highest BCUT2D eigenvalue weighted by atomic mass is 16.1. The Hall–Kier alpha value is -0.660. The first-order valence-corrected chi connectivity index (χ1v) is 7.95. The highest BCUT2D eigenvalue weighted by molar-refractivity contribution is 5.78. The quantitative estimate of drug-likeness (QED) is 0.502. The number of hydrogen-bond acceptors (Lipinski definition) is 2. The summed E-state index contributed by atoms with van der Waals surface area (Å²) in [6.07, 6.45) is 9.39. The average Bonchev–Trinajstić information content (AvgIpc) is 2.28. The van der Waals surface area contributed by atoms with E-state index >= 15 is 0 Å². The first-order valence-electron chi connectivity index (χ1n) is 7.95. The van der Waals surface area contributed by atoms with Crippen LogP contribution in [-0.2, 0) is 9.59 Å². The molecule has 19 heavy (non-hydrogen) atoms. The van der Waals surface area contributed by atoms with Crippen LogP contribution in [-0.4, -0.2) is 11.6 Å². The van der Waals surface area contributed by atoms with Gasteiger partial charge in [-0.25, -0.2) is 0 Å². The van der Waals surface area contributed by atoms with Crippen LogP contribution in [0.15, 0.2) is 0 Å². The molecular weight excluding hydrogens is 236 g/mol. The van der Waals surface area contributed by atoms with Crippen molar-refractivity contribution >= 4 is 11.6 Å². The van der Waals surface area contributed by atoms with E-state index in [0.717, 1.165) is 32.1 Å². The molecule has 114 valence electrons. The largest absolute Gasteiger partial charge is 0.300 e. The molecule has 0 heterocycles. The Morgan fingerprint density at radius 1 is 0.842 bits per heavy atom. The summed E-state index contributed by atoms with van der Waals surface area (Å²) in [5, 5.41) is 0. The van der Waals surface area contributed by atoms with Crippen molar-refractivity contribution in [3.63, 3.8) is 0 Å². The van der Waals surface area contributed by atoms with E-state index in [-0.39, 0.29) is 5.78 Å². The second-order valence-electron chi connectivity index (χ2n) is 5.75. The monoisotopic (exact) mass is 270 g/mol. The van der Waals surface area contributed by atoms with Crippen LogP contribution in [0.4, 0.5) is 0 Å². The lowest BCUT2D eigenvalue weighted by atomic mass is 10.1. The van der Waals surface area contributed by atoms with Gasteiger partial charge < -0.3 is 4.79 Å². The lowest BCUT2D eigenvalue weighted by Crippen LogP contribution is -1.96. The first-order chi connectivity index (χ1) is 8.93. The molecule has 0 aromatic rings. The highest BCUT2D eigenvalue weighted by Gasteiger charge is 1.99. The molecule has 0 radical (unpaired) electrons. The maximum Gasteiger partial charge on any atom is 0.132 e. The van der Waals surface area contributed by atoms with E-state index in [2.05, 4.69) is 13.8 Å². The van der Waals surface area contributed by atoms with Gasteiger partial charge in [-0.15, -0.1) is 0 Å². The predicted molar refractivity (Wildman–Crippen MR) is 83.4 cm³/mol. The number of ketones is 2. The van der Waals surface area contributed by atoms with Crippen LogP contribution in [0.3, 0.4) is 0 Å². The Labute approximate surface area is 120 Å². The van der Waals surface area contributed by atoms with Crippen LogP contribution < -0.4 is 0 Å². The van der Waals surface area contributed by atoms with Gasteiger partial charge in [0.1, 0.15) is 11.6 Å². The molecule has 0 rings (SSSR count). The Kier molecular flexibility index (Phi) is 16.7. The van der Waals surface area contributed by atoms with Crippen LogP contribution in [0.2, 0.25) is 0 Å². The van der Waals surface area contributed by atoms with E-state index in [1.165, 1.54) is 25.7 Å². The second kappa shape index (κ2) is 15.4. The summed E-state index contributed by atoms with van der Waals surface area (Å²) in [5.74, 6) is 1.28. The van der Waals surface area contributed by atoms with Crippen LogP contribution in [0, 0.1) is 5.92 Å². The highest BCUT2D eigenvalue weighted by Crippen LogP contribution is 2.06. The van der Waals surface area contributed by atoms with E-state index in [0.29, 0.717) is 11.7 Å². The molecule has 0 saturated heterocycles. The minimum absolute atomic E-state index is 0.287. The average molecular weight is 270 g/mol. The molecule has 0 aromatic heterocycles. The molecule has 2 heteroatoms. The third kappa shape index (κ3) is 22.9. The zero-order valence-electron chi connectivity index (χ0n) is 13.8. The van der Waals surface area contributed by atoms with Crippen LogP contribution in [0.5, 0.6) is 0 Å². The standard InChI is InChI=1S/C11H22O.C6H12O/c1-3-5-7-9-11(12)10-8-6-4-2;1-5(2)4-6(3)7/h3-10H2,1-2H3;5H,4H2,1-3H3. The van der Waals surface area contributed by atoms with Gasteiger partial charge in [0.15, 0.2) is 0 Å². The number of carbonyl (C=O) groups excluding carboxylic acids is 2. The van der Waals surface area contributed by atoms with E-state index in [4.69, 9.17) is 0 Å². The maximum atomic E-state index is 11.2. The fourth-order valence-electron chi connectivity index (χ4n) is 1.84. The van der Waals surface area contributed by atoms with Crippen molar-refractivity contribution in [3.8, 4) is 0 Å². The number of rotatable bonds is 10. The van der Waals surface area contributed by atoms with Crippen molar-refractivity contribution in [1.29, 1.82) is 0 Å². The lowest BCUT2D eigenvalue weighted by Gasteiger charge is -1.98. The Bertz CT molecular complexity index is 207. The summed E-state index contributed by atoms with van der Waals surface area (Å²) in [6, 6.07) is 0. The number of unbranched alkanes of at least 4 members (excludes halogenated alkanes) is 4. The van der Waals surface area contributed by atoms with Gasteiger partial charge in [-0.2, -0.15) is 0 Å². The third-order valence-corrected chi connectivity index (χ3v) is 2.81. The molecule has 0 aliphatic heterocycles. The molecule has 2 nitrogen and oxygen atoms in total. The Morgan fingerprint density at radius 3 is 1.47 bits per heavy atom. The molecule has 0 atom stereocenters. The van der Waals surface area contributed by atoms with Crippen molar-refractivity contribution in [2.24, 2.45) is 5.92 Å². The predicted octanol–water partition coefficient (Wildman–Crippen LogP) is 5.34. The van der Waals surface area contributed by atoms with Gasteiger partial charge in [0.05, 0.1) is 0 Å². The molecule has 0 saturated carbocycles. The number of Topliss-reactive ketones (excluding diaryl/α,β-unsaturated/α-hetero) is 2. The topological polar surface area (TPSA) is 34.1 Å². The van der Waals surface area contributed by atoms with Gasteiger partial charge in [0.25, 0.3) is 0 Å². The van der Waals surface area contributed by atoms with Gasteiger partial charge in [-0.3, -0.25) is 4.79 Å². The van der Waals surface area contributed by atoms with Gasteiger partial charge in [-0.05, 0) is 25.7 Å². The van der Waals surface area contributed by atoms with Crippen molar-refractivity contribution in [3.05, 3.63) is 0 Å². The molecule has 0 fully saturated rings. The smallest absolute Gasteiger partial charge is 0.132 e. The van der Waals surface area contributed by atoms with E-state index in [1.54, 1.807) is 6.92 Å². The molecule has 0 aromatic carbocycles. The van der Waals surface area contributed by atoms with E-state index < -0.39 is 0 Å². The molecule has 0 N–H and O–H groups in total. The summed E-state index contributed by atoms with van der Waals surface area (Å²) < 4.78 is 0. The van der Waals surface area contributed by atoms with Gasteiger partial charge in [0.2, 0.25) is 0 Å². The number of carbonyl (C=O) groups is 2. The summed E-state index contributed by atoms with van der Waals surface area (Å²) >= 11 is 0. The van der Waals surface area contributed by atoms with E-state index in [9.17, 15) is 9.59 Å². The minimum atomic E-state index is 0.287. The normalized spacial score (nSPS) is 10.0. The maximum absolute atomic E-state index is 11.2. The molecule has 0 spiro atoms. The third-order valence-electron chi connectivity index (χ3n) is 2.81. The van der Waals surface area contributed by atoms with Crippen molar-refractivity contribution < 1.29 is 9.59 Å². The number of hydrogen-bond donors (Lipinski definition) is 0. The van der Waals surface area contributed by atoms with Crippen LogP contribution in [0.1, 0.15) is 92.4 Å². The molecule has 0 unspecified atom stereocenters. The van der Waals surface area contributed by atoms with Gasteiger partial charge in [-0.1, -0.05) is 53.4 Å². The summed E-state index contributed by atoms with van der Waals surface area (Å²) in [7, 11) is 0. The first kappa shape index (κ1) is 20.7. The van der Waals surface area contributed by atoms with E-state index in [1.807, 2.05) is 13.8 Å². The zero-order valence-corrected chi connectivity index (χ0v) is 13.8. The van der Waals surface area contributed by atoms with Crippen LogP contribution in [0.25, 0.3) is 0 Å². The second-order valence-corrected chi connectivity index (χ2v) is 5.75.